The zero-order valence-corrected chi connectivity index (χ0v) is 19.6. The van der Waals surface area contributed by atoms with Gasteiger partial charge in [-0.05, 0) is 55.4 Å². The third-order valence-electron chi connectivity index (χ3n) is 5.92. The second-order valence-corrected chi connectivity index (χ2v) is 8.68. The second kappa shape index (κ2) is 9.19. The van der Waals surface area contributed by atoms with Crippen LogP contribution >= 0.6 is 12.2 Å². The SMILES string of the molecule is CC1=C(c2nc(-c3cccc(C)c3)no2)C(c2ccccc2)NC(=S)N1Cc1ccc(F)cc1. The molecule has 170 valence electrons. The lowest BCUT2D eigenvalue weighted by Gasteiger charge is -2.37. The Morgan fingerprint density at radius 2 is 1.76 bits per heavy atom. The molecule has 0 fully saturated rings. The summed E-state index contributed by atoms with van der Waals surface area (Å²) in [5.74, 6) is 0.695. The van der Waals surface area contributed by atoms with E-state index in [2.05, 4.69) is 10.5 Å². The first-order valence-corrected chi connectivity index (χ1v) is 11.4. The van der Waals surface area contributed by atoms with Crippen LogP contribution in [0.25, 0.3) is 17.0 Å². The van der Waals surface area contributed by atoms with Crippen LogP contribution in [0.4, 0.5) is 4.39 Å². The van der Waals surface area contributed by atoms with Gasteiger partial charge in [-0.1, -0.05) is 71.4 Å². The standard InChI is InChI=1S/C27H23FN4OS/c1-17-7-6-10-21(15-17)25-30-26(33-31-25)23-18(2)32(16-19-11-13-22(28)14-12-19)27(34)29-24(23)20-8-4-3-5-9-20/h3-15,24H,16H2,1-2H3,(H,29,34). The molecule has 0 aliphatic carbocycles. The Morgan fingerprint density at radius 1 is 1.00 bits per heavy atom. The molecule has 2 heterocycles. The maximum absolute atomic E-state index is 13.4. The lowest BCUT2D eigenvalue weighted by atomic mass is 9.94. The van der Waals surface area contributed by atoms with Crippen LogP contribution in [0.5, 0.6) is 0 Å². The number of allylic oxidation sites excluding steroid dienone is 1. The quantitative estimate of drug-likeness (QED) is 0.359. The predicted octanol–water partition coefficient (Wildman–Crippen LogP) is 6.05. The summed E-state index contributed by atoms with van der Waals surface area (Å²) in [5, 5.41) is 8.29. The molecule has 1 aliphatic heterocycles. The maximum atomic E-state index is 13.4. The van der Waals surface area contributed by atoms with Crippen molar-refractivity contribution in [3.63, 3.8) is 0 Å². The zero-order valence-electron chi connectivity index (χ0n) is 18.8. The number of hydrogen-bond acceptors (Lipinski definition) is 4. The van der Waals surface area contributed by atoms with E-state index in [1.807, 2.05) is 73.3 Å². The van der Waals surface area contributed by atoms with E-state index in [4.69, 9.17) is 21.7 Å². The third kappa shape index (κ3) is 4.34. The monoisotopic (exact) mass is 470 g/mol. The molecule has 0 spiro atoms. The van der Waals surface area contributed by atoms with Gasteiger partial charge in [0.2, 0.25) is 5.82 Å². The minimum Gasteiger partial charge on any atom is -0.351 e. The van der Waals surface area contributed by atoms with Crippen molar-refractivity contribution in [2.45, 2.75) is 26.4 Å². The molecule has 5 nitrogen and oxygen atoms in total. The molecule has 5 rings (SSSR count). The van der Waals surface area contributed by atoms with E-state index in [-0.39, 0.29) is 11.9 Å². The van der Waals surface area contributed by atoms with Crippen molar-refractivity contribution in [3.8, 4) is 11.4 Å². The molecular weight excluding hydrogens is 447 g/mol. The highest BCUT2D eigenvalue weighted by molar-refractivity contribution is 7.80. The summed E-state index contributed by atoms with van der Waals surface area (Å²) < 4.78 is 19.2. The third-order valence-corrected chi connectivity index (χ3v) is 6.25. The number of nitrogens with one attached hydrogen (secondary N) is 1. The molecule has 0 amide bonds. The van der Waals surface area contributed by atoms with Gasteiger partial charge >= 0.3 is 0 Å². The average molecular weight is 471 g/mol. The Hall–Kier alpha value is -3.84. The van der Waals surface area contributed by atoms with Crippen molar-refractivity contribution in [2.24, 2.45) is 0 Å². The van der Waals surface area contributed by atoms with Crippen molar-refractivity contribution in [1.82, 2.24) is 20.4 Å². The van der Waals surface area contributed by atoms with Crippen LogP contribution in [0, 0.1) is 12.7 Å². The van der Waals surface area contributed by atoms with Crippen molar-refractivity contribution in [2.75, 3.05) is 0 Å². The van der Waals surface area contributed by atoms with Crippen LogP contribution in [-0.2, 0) is 6.54 Å². The minimum atomic E-state index is -0.269. The van der Waals surface area contributed by atoms with E-state index in [1.54, 1.807) is 12.1 Å². The number of thiocarbonyl (C=S) groups is 1. The molecule has 0 radical (unpaired) electrons. The number of aryl methyl sites for hydroxylation is 1. The van der Waals surface area contributed by atoms with E-state index in [1.165, 1.54) is 12.1 Å². The number of rotatable bonds is 5. The van der Waals surface area contributed by atoms with Gasteiger partial charge in [-0.25, -0.2) is 4.39 Å². The lowest BCUT2D eigenvalue weighted by Crippen LogP contribution is -2.45. The van der Waals surface area contributed by atoms with Gasteiger partial charge in [0, 0.05) is 17.8 Å². The van der Waals surface area contributed by atoms with E-state index in [0.717, 1.165) is 33.5 Å². The largest absolute Gasteiger partial charge is 0.351 e. The van der Waals surface area contributed by atoms with Crippen LogP contribution < -0.4 is 5.32 Å². The van der Waals surface area contributed by atoms with Crippen LogP contribution in [0.15, 0.2) is 89.1 Å². The maximum Gasteiger partial charge on any atom is 0.258 e. The molecule has 0 saturated carbocycles. The molecule has 0 bridgehead atoms. The average Bonchev–Trinajstić information content (AvgIpc) is 3.33. The van der Waals surface area contributed by atoms with Gasteiger partial charge in [-0.15, -0.1) is 0 Å². The smallest absolute Gasteiger partial charge is 0.258 e. The highest BCUT2D eigenvalue weighted by Gasteiger charge is 2.34. The fraction of sp³-hybridized carbons (Fsp3) is 0.148. The minimum absolute atomic E-state index is 0.246. The lowest BCUT2D eigenvalue weighted by molar-refractivity contribution is 0.396. The highest BCUT2D eigenvalue weighted by Crippen LogP contribution is 2.38. The molecule has 7 heteroatoms. The molecule has 34 heavy (non-hydrogen) atoms. The van der Waals surface area contributed by atoms with Gasteiger partial charge in [-0.2, -0.15) is 4.98 Å². The van der Waals surface area contributed by atoms with Gasteiger partial charge in [0.15, 0.2) is 5.11 Å². The first kappa shape index (κ1) is 22.0. The zero-order chi connectivity index (χ0) is 23.7. The summed E-state index contributed by atoms with van der Waals surface area (Å²) >= 11 is 5.75. The first-order valence-electron chi connectivity index (χ1n) is 11.0. The molecule has 1 aliphatic rings. The number of hydrogen-bond donors (Lipinski definition) is 1. The molecule has 0 saturated heterocycles. The molecular formula is C27H23FN4OS. The summed E-state index contributed by atoms with van der Waals surface area (Å²) in [4.78, 5) is 6.73. The van der Waals surface area contributed by atoms with Gasteiger partial charge in [0.05, 0.1) is 11.6 Å². The summed E-state index contributed by atoms with van der Waals surface area (Å²) in [6, 6.07) is 24.2. The van der Waals surface area contributed by atoms with Gasteiger partial charge in [0.25, 0.3) is 5.89 Å². The van der Waals surface area contributed by atoms with Gasteiger partial charge in [-0.3, -0.25) is 0 Å². The second-order valence-electron chi connectivity index (χ2n) is 8.30. The van der Waals surface area contributed by atoms with Crippen LogP contribution in [-0.4, -0.2) is 20.2 Å². The summed E-state index contributed by atoms with van der Waals surface area (Å²) in [5.41, 5.74) is 5.75. The van der Waals surface area contributed by atoms with Gasteiger partial charge in [0.1, 0.15) is 5.82 Å². The van der Waals surface area contributed by atoms with Crippen LogP contribution in [0.3, 0.4) is 0 Å². The molecule has 3 aromatic carbocycles. The summed E-state index contributed by atoms with van der Waals surface area (Å²) in [6.07, 6.45) is 0. The molecule has 1 atom stereocenters. The molecule has 1 N–H and O–H groups in total. The fourth-order valence-electron chi connectivity index (χ4n) is 4.15. The van der Waals surface area contributed by atoms with Crippen molar-refractivity contribution in [3.05, 3.63) is 113 Å². The number of halogens is 1. The van der Waals surface area contributed by atoms with Crippen molar-refractivity contribution < 1.29 is 8.91 Å². The molecule has 4 aromatic rings. The number of benzene rings is 3. The Morgan fingerprint density at radius 3 is 2.50 bits per heavy atom. The van der Waals surface area contributed by atoms with E-state index in [0.29, 0.717) is 23.4 Å². The predicted molar refractivity (Wildman–Crippen MR) is 134 cm³/mol. The Balaban J connectivity index is 1.59. The normalized spacial score (nSPS) is 16.0. The van der Waals surface area contributed by atoms with E-state index >= 15 is 0 Å². The van der Waals surface area contributed by atoms with Crippen molar-refractivity contribution >= 4 is 22.9 Å². The Kier molecular flexibility index (Phi) is 5.94. The van der Waals surface area contributed by atoms with E-state index in [9.17, 15) is 4.39 Å². The van der Waals surface area contributed by atoms with Crippen LogP contribution in [0.2, 0.25) is 0 Å². The van der Waals surface area contributed by atoms with E-state index < -0.39 is 0 Å². The summed E-state index contributed by atoms with van der Waals surface area (Å²) in [6.45, 7) is 4.52. The summed E-state index contributed by atoms with van der Waals surface area (Å²) in [7, 11) is 0. The van der Waals surface area contributed by atoms with Crippen molar-refractivity contribution in [1.29, 1.82) is 0 Å². The number of nitrogens with zero attached hydrogens (tertiary/aromatic N) is 3. The Bertz CT molecular complexity index is 1360. The topological polar surface area (TPSA) is 54.2 Å². The fourth-order valence-corrected chi connectivity index (χ4v) is 4.47. The molecule has 1 unspecified atom stereocenters. The van der Waals surface area contributed by atoms with Crippen LogP contribution in [0.1, 0.15) is 35.5 Å². The molecule has 1 aromatic heterocycles. The van der Waals surface area contributed by atoms with Gasteiger partial charge < -0.3 is 14.7 Å². The number of aromatic nitrogens is 2. The highest BCUT2D eigenvalue weighted by atomic mass is 32.1. The Labute approximate surface area is 202 Å². The first-order chi connectivity index (χ1) is 16.5.